The normalized spacial score (nSPS) is 8.15. The van der Waals surface area contributed by atoms with E-state index in [0.717, 1.165) is 0 Å². The maximum atomic E-state index is 3.80. The molecular weight excluding hydrogens is 240 g/mol. The van der Waals surface area contributed by atoms with Gasteiger partial charge in [0.2, 0.25) is 0 Å². The van der Waals surface area contributed by atoms with E-state index in [1.807, 2.05) is 33.8 Å². The van der Waals surface area contributed by atoms with Crippen LogP contribution in [-0.4, -0.2) is 0 Å². The molecule has 2 aromatic carbocycles. The summed E-state index contributed by atoms with van der Waals surface area (Å²) in [6, 6.07) is 12.8. The average Bonchev–Trinajstić information content (AvgIpc) is 2.51. The van der Waals surface area contributed by atoms with Gasteiger partial charge in [0.15, 0.2) is 0 Å². The lowest BCUT2D eigenvalue weighted by Crippen LogP contribution is -1.81. The fraction of sp³-hybridized carbons (Fsp3) is 0.400. The summed E-state index contributed by atoms with van der Waals surface area (Å²) in [4.78, 5) is 0. The van der Waals surface area contributed by atoms with Gasteiger partial charge in [-0.3, -0.25) is 0 Å². The van der Waals surface area contributed by atoms with Crippen LogP contribution in [0.4, 0.5) is 0 Å². The maximum absolute atomic E-state index is 3.80. The van der Waals surface area contributed by atoms with E-state index in [-0.39, 0.29) is 0 Å². The van der Waals surface area contributed by atoms with Gasteiger partial charge >= 0.3 is 0 Å². The Kier molecular flexibility index (Phi) is 14.4. The van der Waals surface area contributed by atoms with Crippen LogP contribution in [-0.2, 0) is 0 Å². The molecule has 0 radical (unpaired) electrons. The molecule has 112 valence electrons. The van der Waals surface area contributed by atoms with E-state index in [4.69, 9.17) is 0 Å². The van der Waals surface area contributed by atoms with Gasteiger partial charge in [-0.05, 0) is 34.9 Å². The highest BCUT2D eigenvalue weighted by Crippen LogP contribution is 2.19. The number of benzene rings is 2. The molecule has 2 aromatic rings. The van der Waals surface area contributed by atoms with Crippen LogP contribution in [0.2, 0.25) is 0 Å². The van der Waals surface area contributed by atoms with Gasteiger partial charge in [0.1, 0.15) is 0 Å². The minimum absolute atomic E-state index is 1.22. The van der Waals surface area contributed by atoms with Crippen molar-refractivity contribution in [2.45, 2.75) is 54.9 Å². The fourth-order valence-corrected chi connectivity index (χ4v) is 1.59. The lowest BCUT2D eigenvalue weighted by Gasteiger charge is -2.03. The molecule has 0 spiro atoms. The summed E-state index contributed by atoms with van der Waals surface area (Å²) in [5, 5.41) is 2.58. The molecular formula is C20H32. The molecule has 0 aliphatic heterocycles. The minimum Gasteiger partial charge on any atom is -0.0985 e. The monoisotopic (exact) mass is 272 g/mol. The van der Waals surface area contributed by atoms with Crippen molar-refractivity contribution in [1.82, 2.24) is 0 Å². The highest BCUT2D eigenvalue weighted by Gasteiger charge is 1.96. The van der Waals surface area contributed by atoms with Crippen LogP contribution in [0.1, 0.15) is 59.1 Å². The lowest BCUT2D eigenvalue weighted by atomic mass is 10.0. The van der Waals surface area contributed by atoms with Crippen molar-refractivity contribution < 1.29 is 0 Å². The summed E-state index contributed by atoms with van der Waals surface area (Å²) in [6.45, 7) is 18.2. The second-order valence-electron chi connectivity index (χ2n) is 3.97. The first-order valence-corrected chi connectivity index (χ1v) is 7.84. The van der Waals surface area contributed by atoms with Crippen LogP contribution in [0.25, 0.3) is 16.8 Å². The average molecular weight is 272 g/mol. The molecule has 0 nitrogen and oxygen atoms in total. The number of fused-ring (bicyclic) bond motifs is 1. The SMILES string of the molecule is C=Cc1cc2ccccc2cc1C.CC.CC.CCC. The first-order valence-electron chi connectivity index (χ1n) is 7.84. The Morgan fingerprint density at radius 2 is 1.30 bits per heavy atom. The number of aryl methyl sites for hydroxylation is 1. The van der Waals surface area contributed by atoms with Crippen molar-refractivity contribution >= 4 is 16.8 Å². The second kappa shape index (κ2) is 13.9. The van der Waals surface area contributed by atoms with Crippen LogP contribution in [0, 0.1) is 6.92 Å². The maximum Gasteiger partial charge on any atom is -0.0178 e. The Morgan fingerprint density at radius 3 is 1.70 bits per heavy atom. The van der Waals surface area contributed by atoms with Gasteiger partial charge in [0, 0.05) is 0 Å². The van der Waals surface area contributed by atoms with E-state index in [2.05, 4.69) is 63.7 Å². The first kappa shape index (κ1) is 20.8. The van der Waals surface area contributed by atoms with Gasteiger partial charge in [0.25, 0.3) is 0 Å². The fourth-order valence-electron chi connectivity index (χ4n) is 1.59. The summed E-state index contributed by atoms with van der Waals surface area (Å²) >= 11 is 0. The Balaban J connectivity index is 0. The zero-order valence-electron chi connectivity index (χ0n) is 14.5. The Labute approximate surface area is 126 Å². The second-order valence-corrected chi connectivity index (χ2v) is 3.97. The standard InChI is InChI=1S/C13H12.C3H8.2C2H6/c1-3-11-9-13-7-5-4-6-12(13)8-10(11)2;1-3-2;2*1-2/h3-9H,1H2,2H3;3H2,1-2H3;2*1-2H3. The third kappa shape index (κ3) is 7.13. The zero-order chi connectivity index (χ0) is 16.0. The summed E-state index contributed by atoms with van der Waals surface area (Å²) in [5.74, 6) is 0. The molecule has 0 fully saturated rings. The van der Waals surface area contributed by atoms with Crippen molar-refractivity contribution in [2.24, 2.45) is 0 Å². The Hall–Kier alpha value is -1.56. The van der Waals surface area contributed by atoms with Crippen LogP contribution >= 0.6 is 0 Å². The highest BCUT2D eigenvalue weighted by molar-refractivity contribution is 5.85. The summed E-state index contributed by atoms with van der Waals surface area (Å²) in [6.07, 6.45) is 3.15. The van der Waals surface area contributed by atoms with Gasteiger partial charge in [-0.15, -0.1) is 0 Å². The van der Waals surface area contributed by atoms with E-state index in [0.29, 0.717) is 0 Å². The Morgan fingerprint density at radius 1 is 0.900 bits per heavy atom. The van der Waals surface area contributed by atoms with Crippen LogP contribution < -0.4 is 0 Å². The number of hydrogen-bond donors (Lipinski definition) is 0. The summed E-state index contributed by atoms with van der Waals surface area (Å²) in [7, 11) is 0. The smallest absolute Gasteiger partial charge is 0.0178 e. The van der Waals surface area contributed by atoms with Crippen LogP contribution in [0.3, 0.4) is 0 Å². The molecule has 0 amide bonds. The molecule has 0 saturated heterocycles. The third-order valence-electron chi connectivity index (χ3n) is 2.35. The largest absolute Gasteiger partial charge is 0.0985 e. The van der Waals surface area contributed by atoms with Gasteiger partial charge in [0.05, 0.1) is 0 Å². The lowest BCUT2D eigenvalue weighted by molar-refractivity contribution is 1.09. The third-order valence-corrected chi connectivity index (χ3v) is 2.35. The van der Waals surface area contributed by atoms with E-state index < -0.39 is 0 Å². The number of hydrogen-bond acceptors (Lipinski definition) is 0. The van der Waals surface area contributed by atoms with Crippen LogP contribution in [0.15, 0.2) is 43.0 Å². The van der Waals surface area contributed by atoms with E-state index in [9.17, 15) is 0 Å². The zero-order valence-corrected chi connectivity index (χ0v) is 14.5. The van der Waals surface area contributed by atoms with E-state index in [1.165, 1.54) is 28.3 Å². The van der Waals surface area contributed by atoms with Gasteiger partial charge in [-0.1, -0.05) is 91.0 Å². The molecule has 0 heterocycles. The molecule has 2 rings (SSSR count). The van der Waals surface area contributed by atoms with Crippen molar-refractivity contribution in [3.05, 3.63) is 54.1 Å². The minimum atomic E-state index is 1.22. The number of rotatable bonds is 1. The molecule has 0 N–H and O–H groups in total. The molecule has 0 atom stereocenters. The van der Waals surface area contributed by atoms with Crippen molar-refractivity contribution in [2.75, 3.05) is 0 Å². The highest BCUT2D eigenvalue weighted by atomic mass is 14.0. The molecule has 0 saturated carbocycles. The topological polar surface area (TPSA) is 0 Å². The van der Waals surface area contributed by atoms with Crippen molar-refractivity contribution in [3.8, 4) is 0 Å². The molecule has 0 bridgehead atoms. The van der Waals surface area contributed by atoms with Gasteiger partial charge in [-0.2, -0.15) is 0 Å². The van der Waals surface area contributed by atoms with Crippen molar-refractivity contribution in [3.63, 3.8) is 0 Å². The molecule has 0 heteroatoms. The molecule has 0 aliphatic carbocycles. The van der Waals surface area contributed by atoms with Gasteiger partial charge in [-0.25, -0.2) is 0 Å². The summed E-state index contributed by atoms with van der Waals surface area (Å²) in [5.41, 5.74) is 2.51. The summed E-state index contributed by atoms with van der Waals surface area (Å²) < 4.78 is 0. The molecule has 0 aliphatic rings. The Bertz CT molecular complexity index is 466. The van der Waals surface area contributed by atoms with Gasteiger partial charge < -0.3 is 0 Å². The molecule has 0 aromatic heterocycles. The predicted octanol–water partition coefficient (Wildman–Crippen LogP) is 7.26. The predicted molar refractivity (Wildman–Crippen MR) is 97.4 cm³/mol. The first-order chi connectivity index (χ1) is 9.72. The molecule has 0 unspecified atom stereocenters. The quantitative estimate of drug-likeness (QED) is 0.512. The van der Waals surface area contributed by atoms with E-state index >= 15 is 0 Å². The van der Waals surface area contributed by atoms with E-state index in [1.54, 1.807) is 0 Å². The van der Waals surface area contributed by atoms with Crippen LogP contribution in [0.5, 0.6) is 0 Å². The van der Waals surface area contributed by atoms with Crippen molar-refractivity contribution in [1.29, 1.82) is 0 Å². The molecule has 20 heavy (non-hydrogen) atoms.